The van der Waals surface area contributed by atoms with Crippen LogP contribution in [0.15, 0.2) is 28.7 Å². The fourth-order valence-electron chi connectivity index (χ4n) is 1.87. The number of benzene rings is 1. The minimum absolute atomic E-state index is 0.379. The maximum Gasteiger partial charge on any atom is 0.309 e. The van der Waals surface area contributed by atoms with E-state index < -0.39 is 17.5 Å². The van der Waals surface area contributed by atoms with Gasteiger partial charge in [0.05, 0.1) is 5.92 Å². The molecule has 0 aromatic heterocycles. The van der Waals surface area contributed by atoms with Crippen molar-refractivity contribution in [1.29, 1.82) is 0 Å². The normalized spacial score (nSPS) is 16.5. The monoisotopic (exact) mass is 286 g/mol. The van der Waals surface area contributed by atoms with Gasteiger partial charge in [-0.15, -0.1) is 0 Å². The van der Waals surface area contributed by atoms with E-state index in [2.05, 4.69) is 15.9 Å². The van der Waals surface area contributed by atoms with Crippen LogP contribution in [0.2, 0.25) is 0 Å². The molecule has 0 amide bonds. The van der Waals surface area contributed by atoms with Gasteiger partial charge in [0, 0.05) is 4.47 Å². The molecule has 16 heavy (non-hydrogen) atoms. The highest BCUT2D eigenvalue weighted by atomic mass is 79.9. The molecular formula is C12H15BrO3. The van der Waals surface area contributed by atoms with Crippen molar-refractivity contribution in [3.8, 4) is 0 Å². The standard InChI is InChI=1S/C12H15BrO3/c1-3-8(11(14)15)12(2,16)9-6-4-5-7-10(9)13/h4-8,16H,3H2,1-2H3,(H,14,15). The number of carbonyl (C=O) groups is 1. The van der Waals surface area contributed by atoms with Crippen LogP contribution in [-0.4, -0.2) is 16.2 Å². The molecule has 3 nitrogen and oxygen atoms in total. The average molecular weight is 287 g/mol. The van der Waals surface area contributed by atoms with E-state index in [0.717, 1.165) is 4.47 Å². The van der Waals surface area contributed by atoms with Gasteiger partial charge in [-0.1, -0.05) is 41.1 Å². The zero-order valence-corrected chi connectivity index (χ0v) is 10.9. The van der Waals surface area contributed by atoms with Crippen LogP contribution in [0.25, 0.3) is 0 Å². The predicted molar refractivity (Wildman–Crippen MR) is 65.1 cm³/mol. The summed E-state index contributed by atoms with van der Waals surface area (Å²) in [4.78, 5) is 11.1. The lowest BCUT2D eigenvalue weighted by molar-refractivity contribution is -0.152. The second-order valence-electron chi connectivity index (χ2n) is 3.93. The molecule has 0 aliphatic heterocycles. The quantitative estimate of drug-likeness (QED) is 0.895. The first-order chi connectivity index (χ1) is 7.41. The maximum absolute atomic E-state index is 11.1. The Hall–Kier alpha value is -0.870. The van der Waals surface area contributed by atoms with Gasteiger partial charge in [0.2, 0.25) is 0 Å². The van der Waals surface area contributed by atoms with Gasteiger partial charge in [0.15, 0.2) is 0 Å². The molecule has 0 saturated heterocycles. The van der Waals surface area contributed by atoms with Crippen LogP contribution >= 0.6 is 15.9 Å². The van der Waals surface area contributed by atoms with Crippen LogP contribution in [0.1, 0.15) is 25.8 Å². The number of carboxylic acid groups (broad SMARTS) is 1. The highest BCUT2D eigenvalue weighted by Crippen LogP contribution is 2.35. The van der Waals surface area contributed by atoms with E-state index in [1.807, 2.05) is 6.07 Å². The van der Waals surface area contributed by atoms with E-state index in [-0.39, 0.29) is 0 Å². The van der Waals surface area contributed by atoms with Gasteiger partial charge in [-0.05, 0) is 25.0 Å². The Morgan fingerprint density at radius 2 is 2.06 bits per heavy atom. The van der Waals surface area contributed by atoms with E-state index >= 15 is 0 Å². The molecule has 0 bridgehead atoms. The summed E-state index contributed by atoms with van der Waals surface area (Å²) in [7, 11) is 0. The molecule has 2 atom stereocenters. The number of hydrogen-bond acceptors (Lipinski definition) is 2. The number of aliphatic hydroxyl groups is 1. The van der Waals surface area contributed by atoms with Crippen molar-refractivity contribution in [1.82, 2.24) is 0 Å². The van der Waals surface area contributed by atoms with Gasteiger partial charge in [-0.25, -0.2) is 0 Å². The summed E-state index contributed by atoms with van der Waals surface area (Å²) in [5.41, 5.74) is -0.773. The van der Waals surface area contributed by atoms with Crippen LogP contribution in [0.5, 0.6) is 0 Å². The van der Waals surface area contributed by atoms with Crippen LogP contribution in [0.3, 0.4) is 0 Å². The first-order valence-corrected chi connectivity index (χ1v) is 5.90. The smallest absolute Gasteiger partial charge is 0.309 e. The van der Waals surface area contributed by atoms with Crippen LogP contribution in [0, 0.1) is 5.92 Å². The Kier molecular flexibility index (Phi) is 4.10. The third-order valence-electron chi connectivity index (χ3n) is 2.80. The number of rotatable bonds is 4. The molecular weight excluding hydrogens is 272 g/mol. The van der Waals surface area contributed by atoms with Crippen molar-refractivity contribution in [2.45, 2.75) is 25.9 Å². The van der Waals surface area contributed by atoms with Crippen molar-refractivity contribution >= 4 is 21.9 Å². The van der Waals surface area contributed by atoms with E-state index in [1.165, 1.54) is 6.92 Å². The first kappa shape index (κ1) is 13.2. The second kappa shape index (κ2) is 4.97. The molecule has 88 valence electrons. The third kappa shape index (κ3) is 2.44. The van der Waals surface area contributed by atoms with Gasteiger partial charge < -0.3 is 10.2 Å². The van der Waals surface area contributed by atoms with Crippen molar-refractivity contribution in [2.75, 3.05) is 0 Å². The highest BCUT2D eigenvalue weighted by molar-refractivity contribution is 9.10. The molecule has 0 aliphatic rings. The minimum Gasteiger partial charge on any atom is -0.481 e. The number of halogens is 1. The van der Waals surface area contributed by atoms with Gasteiger partial charge in [-0.3, -0.25) is 4.79 Å². The molecule has 0 heterocycles. The Bertz CT molecular complexity index is 388. The van der Waals surface area contributed by atoms with Gasteiger partial charge >= 0.3 is 5.97 Å². The first-order valence-electron chi connectivity index (χ1n) is 5.11. The van der Waals surface area contributed by atoms with E-state index in [0.29, 0.717) is 12.0 Å². The number of carboxylic acids is 1. The Morgan fingerprint density at radius 1 is 1.50 bits per heavy atom. The molecule has 0 spiro atoms. The number of hydrogen-bond donors (Lipinski definition) is 2. The Morgan fingerprint density at radius 3 is 2.50 bits per heavy atom. The van der Waals surface area contributed by atoms with Gasteiger partial charge in [0.1, 0.15) is 5.60 Å². The van der Waals surface area contributed by atoms with E-state index in [4.69, 9.17) is 5.11 Å². The average Bonchev–Trinajstić information content (AvgIpc) is 2.17. The topological polar surface area (TPSA) is 57.5 Å². The molecule has 4 heteroatoms. The molecule has 2 unspecified atom stereocenters. The number of aliphatic carboxylic acids is 1. The van der Waals surface area contributed by atoms with Gasteiger partial charge in [0.25, 0.3) is 0 Å². The molecule has 0 saturated carbocycles. The van der Waals surface area contributed by atoms with Crippen molar-refractivity contribution in [3.05, 3.63) is 34.3 Å². The SMILES string of the molecule is CCC(C(=O)O)C(C)(O)c1ccccc1Br. The summed E-state index contributed by atoms with van der Waals surface area (Å²) in [6.07, 6.45) is 0.379. The zero-order valence-electron chi connectivity index (χ0n) is 9.27. The van der Waals surface area contributed by atoms with Crippen LogP contribution in [0.4, 0.5) is 0 Å². The minimum atomic E-state index is -1.37. The van der Waals surface area contributed by atoms with Crippen LogP contribution < -0.4 is 0 Å². The lowest BCUT2D eigenvalue weighted by atomic mass is 9.81. The third-order valence-corrected chi connectivity index (χ3v) is 3.50. The molecule has 1 rings (SSSR count). The summed E-state index contributed by atoms with van der Waals surface area (Å²) < 4.78 is 0.722. The van der Waals surface area contributed by atoms with Crippen molar-refractivity contribution in [2.24, 2.45) is 5.92 Å². The van der Waals surface area contributed by atoms with Crippen LogP contribution in [-0.2, 0) is 10.4 Å². The molecule has 2 N–H and O–H groups in total. The summed E-state index contributed by atoms with van der Waals surface area (Å²) in [6, 6.07) is 7.13. The molecule has 0 aliphatic carbocycles. The van der Waals surface area contributed by atoms with E-state index in [9.17, 15) is 9.90 Å². The summed E-state index contributed by atoms with van der Waals surface area (Å²) in [5.74, 6) is -1.80. The summed E-state index contributed by atoms with van der Waals surface area (Å²) in [5, 5.41) is 19.5. The second-order valence-corrected chi connectivity index (χ2v) is 4.78. The predicted octanol–water partition coefficient (Wildman–Crippen LogP) is 2.77. The molecule has 0 radical (unpaired) electrons. The van der Waals surface area contributed by atoms with Crippen molar-refractivity contribution in [3.63, 3.8) is 0 Å². The zero-order chi connectivity index (χ0) is 12.3. The lowest BCUT2D eigenvalue weighted by Gasteiger charge is -2.30. The van der Waals surface area contributed by atoms with Gasteiger partial charge in [-0.2, -0.15) is 0 Å². The fourth-order valence-corrected chi connectivity index (χ4v) is 2.56. The Labute approximate surface area is 103 Å². The lowest BCUT2D eigenvalue weighted by Crippen LogP contribution is -2.37. The molecule has 1 aromatic rings. The van der Waals surface area contributed by atoms with E-state index in [1.54, 1.807) is 25.1 Å². The fraction of sp³-hybridized carbons (Fsp3) is 0.417. The maximum atomic E-state index is 11.1. The summed E-state index contributed by atoms with van der Waals surface area (Å²) >= 11 is 3.33. The highest BCUT2D eigenvalue weighted by Gasteiger charge is 2.38. The summed E-state index contributed by atoms with van der Waals surface area (Å²) in [6.45, 7) is 3.29. The molecule has 1 aromatic carbocycles. The molecule has 0 fully saturated rings. The van der Waals surface area contributed by atoms with Crippen molar-refractivity contribution < 1.29 is 15.0 Å². The largest absolute Gasteiger partial charge is 0.481 e. The Balaban J connectivity index is 3.19.